The molecule has 3 aromatic carbocycles. The van der Waals surface area contributed by atoms with Crippen LogP contribution in [0.3, 0.4) is 0 Å². The quantitative estimate of drug-likeness (QED) is 0.180. The number of carbonyl (C=O) groups is 3. The first-order chi connectivity index (χ1) is 24.8. The minimum atomic E-state index is -3.11. The van der Waals surface area contributed by atoms with Gasteiger partial charge in [0, 0.05) is 48.5 Å². The molecule has 7 rings (SSSR count). The van der Waals surface area contributed by atoms with Gasteiger partial charge in [-0.15, -0.1) is 0 Å². The third-order valence-electron chi connectivity index (χ3n) is 11.1. The lowest BCUT2D eigenvalue weighted by Gasteiger charge is -2.32. The first-order valence-corrected chi connectivity index (χ1v) is 20.8. The maximum absolute atomic E-state index is 14.8. The molecule has 4 heterocycles. The molecule has 0 saturated carbocycles. The number of aliphatic hydroxyl groups is 1. The first-order valence-electron chi connectivity index (χ1n) is 17.8. The third kappa shape index (κ3) is 6.12. The number of anilines is 2. The largest absolute Gasteiger partial charge is 0.432 e. The lowest BCUT2D eigenvalue weighted by atomic mass is 9.82. The number of nitro groups is 1. The van der Waals surface area contributed by atoms with E-state index in [1.807, 2.05) is 49.4 Å². The summed E-state index contributed by atoms with van der Waals surface area (Å²) in [5.41, 5.74) is 1.46. The molecule has 5 atom stereocenters. The monoisotopic (exact) mass is 725 g/mol. The molecule has 52 heavy (non-hydrogen) atoms. The zero-order valence-electron chi connectivity index (χ0n) is 29.5. The van der Waals surface area contributed by atoms with Crippen molar-refractivity contribution in [3.8, 4) is 0 Å². The second kappa shape index (κ2) is 13.7. The normalized spacial score (nSPS) is 25.9. The van der Waals surface area contributed by atoms with Gasteiger partial charge in [-0.25, -0.2) is 5.01 Å². The highest BCUT2D eigenvalue weighted by atomic mass is 28.4. The molecule has 2 saturated heterocycles. The van der Waals surface area contributed by atoms with Crippen LogP contribution in [0.25, 0.3) is 0 Å². The van der Waals surface area contributed by atoms with Gasteiger partial charge in [0.1, 0.15) is 0 Å². The van der Waals surface area contributed by atoms with Gasteiger partial charge in [0.15, 0.2) is 13.9 Å². The Morgan fingerprint density at radius 3 is 2.48 bits per heavy atom. The molecule has 4 aliphatic rings. The molecule has 0 unspecified atom stereocenters. The lowest BCUT2D eigenvalue weighted by Crippen LogP contribution is -2.46. The number of carbonyl (C=O) groups excluding carboxylic acids is 3. The summed E-state index contributed by atoms with van der Waals surface area (Å²) < 4.78 is 6.75. The predicted molar refractivity (Wildman–Crippen MR) is 196 cm³/mol. The summed E-state index contributed by atoms with van der Waals surface area (Å²) in [6.07, 6.45) is 1.41. The Kier molecular flexibility index (Phi) is 9.36. The van der Waals surface area contributed by atoms with Crippen molar-refractivity contribution in [2.75, 3.05) is 23.1 Å². The summed E-state index contributed by atoms with van der Waals surface area (Å²) in [7, 11) is -3.11. The number of amides is 3. The van der Waals surface area contributed by atoms with E-state index in [9.17, 15) is 34.4 Å². The van der Waals surface area contributed by atoms with Gasteiger partial charge in [-0.2, -0.15) is 5.10 Å². The molecule has 2 N–H and O–H groups in total. The molecule has 1 spiro atoms. The van der Waals surface area contributed by atoms with Crippen LogP contribution in [-0.4, -0.2) is 76.8 Å². The number of likely N-dealkylation sites (tertiary alicyclic amines) is 1. The van der Waals surface area contributed by atoms with Crippen molar-refractivity contribution in [3.63, 3.8) is 0 Å². The zero-order valence-corrected chi connectivity index (χ0v) is 30.5. The van der Waals surface area contributed by atoms with Crippen LogP contribution in [0.5, 0.6) is 0 Å². The predicted octanol–water partition coefficient (Wildman–Crippen LogP) is 4.84. The highest BCUT2D eigenvalue weighted by Gasteiger charge is 2.66. The Hall–Kier alpha value is -4.76. The Labute approximate surface area is 302 Å². The van der Waals surface area contributed by atoms with E-state index in [0.717, 1.165) is 23.3 Å². The highest BCUT2D eigenvalue weighted by Crippen LogP contribution is 2.60. The number of ether oxygens (including phenoxy) is 1. The Balaban J connectivity index is 1.20. The Morgan fingerprint density at radius 2 is 1.81 bits per heavy atom. The van der Waals surface area contributed by atoms with Crippen molar-refractivity contribution in [2.45, 2.75) is 82.0 Å². The smallest absolute Gasteiger partial charge is 0.269 e. The van der Waals surface area contributed by atoms with Crippen molar-refractivity contribution in [2.24, 2.45) is 11.0 Å². The number of nitro benzene ring substituents is 1. The first kappa shape index (κ1) is 35.6. The minimum Gasteiger partial charge on any atom is -0.432 e. The van der Waals surface area contributed by atoms with E-state index in [1.165, 1.54) is 17.1 Å². The molecule has 13 nitrogen and oxygen atoms in total. The topological polar surface area (TPSA) is 166 Å². The SMILES string of the molecule is C[C@H]1[C@H]([Si](C)(C)O)[C@@H](CC(=O)N2CCC[C@H]2CO)O[C@]12C(=O)N(Cc1ccc(N3N=C(c4ccccc4)CCC3=O)cc1)c1ccc([N+](=O)[O-])cc12. The molecular formula is C38H43N5O8Si. The fraction of sp³-hybridized carbons (Fsp3) is 0.421. The standard InChI is InChI=1S/C38H43N5O8Si/c1-24-36(52(2,3)50)33(21-35(46)40-19-7-10-29(40)23-44)51-38(24)30-20-28(43(48)49)15-17-32(30)41(37(38)47)22-25-11-13-27(14-12-25)42-34(45)18-16-31(39-42)26-8-5-4-6-9-26/h4-6,8-9,11-15,17,20,24,29,33,36,44,50H,7,10,16,18-19,21-23H2,1-3H3/t24-,29-,33+,36-,38+/m0/s1. The van der Waals surface area contributed by atoms with E-state index in [1.54, 1.807) is 41.1 Å². The molecule has 2 fully saturated rings. The summed E-state index contributed by atoms with van der Waals surface area (Å²) >= 11 is 0. The van der Waals surface area contributed by atoms with Crippen LogP contribution in [0.1, 0.15) is 55.7 Å². The molecule has 14 heteroatoms. The van der Waals surface area contributed by atoms with Gasteiger partial charge < -0.3 is 24.4 Å². The number of aliphatic hydroxyl groups excluding tert-OH is 1. The Morgan fingerprint density at radius 1 is 1.08 bits per heavy atom. The van der Waals surface area contributed by atoms with Gasteiger partial charge in [0.25, 0.3) is 11.6 Å². The highest BCUT2D eigenvalue weighted by molar-refractivity contribution is 6.71. The third-order valence-corrected chi connectivity index (χ3v) is 13.6. The summed E-state index contributed by atoms with van der Waals surface area (Å²) in [5, 5.41) is 27.9. The van der Waals surface area contributed by atoms with E-state index >= 15 is 0 Å². The molecule has 0 aromatic heterocycles. The van der Waals surface area contributed by atoms with Crippen molar-refractivity contribution in [3.05, 3.63) is 99.6 Å². The number of benzene rings is 3. The summed E-state index contributed by atoms with van der Waals surface area (Å²) in [5.74, 6) is -1.38. The molecular weight excluding hydrogens is 683 g/mol. The number of hydrogen-bond acceptors (Lipinski definition) is 9. The van der Waals surface area contributed by atoms with Gasteiger partial charge in [0.05, 0.1) is 53.7 Å². The van der Waals surface area contributed by atoms with Crippen molar-refractivity contribution < 1.29 is 33.9 Å². The second-order valence-electron chi connectivity index (χ2n) is 14.8. The molecule has 0 aliphatic carbocycles. The summed E-state index contributed by atoms with van der Waals surface area (Å²) in [6.45, 7) is 5.80. The summed E-state index contributed by atoms with van der Waals surface area (Å²) in [6, 6.07) is 20.9. The van der Waals surface area contributed by atoms with Crippen LogP contribution in [0.15, 0.2) is 77.9 Å². The number of fused-ring (bicyclic) bond motifs is 2. The van der Waals surface area contributed by atoms with E-state index < -0.39 is 42.3 Å². The zero-order chi connectivity index (χ0) is 36.9. The fourth-order valence-electron chi connectivity index (χ4n) is 8.70. The lowest BCUT2D eigenvalue weighted by molar-refractivity contribution is -0.385. The van der Waals surface area contributed by atoms with Crippen LogP contribution in [-0.2, 0) is 31.3 Å². The van der Waals surface area contributed by atoms with Gasteiger partial charge in [-0.05, 0) is 55.3 Å². The van der Waals surface area contributed by atoms with E-state index in [-0.39, 0.29) is 43.1 Å². The number of non-ortho nitro benzene ring substituents is 1. The maximum atomic E-state index is 14.8. The molecule has 0 bridgehead atoms. The van der Waals surface area contributed by atoms with E-state index in [2.05, 4.69) is 5.10 Å². The molecule has 3 amide bonds. The number of nitrogens with zero attached hydrogens (tertiary/aromatic N) is 5. The van der Waals surface area contributed by atoms with Gasteiger partial charge in [0.2, 0.25) is 11.8 Å². The van der Waals surface area contributed by atoms with Crippen LogP contribution in [0.4, 0.5) is 17.1 Å². The van der Waals surface area contributed by atoms with Gasteiger partial charge in [-0.3, -0.25) is 24.5 Å². The number of hydrogen-bond donors (Lipinski definition) is 2. The van der Waals surface area contributed by atoms with Crippen molar-refractivity contribution in [1.29, 1.82) is 0 Å². The van der Waals surface area contributed by atoms with E-state index in [4.69, 9.17) is 4.74 Å². The summed E-state index contributed by atoms with van der Waals surface area (Å²) in [4.78, 5) is 67.7. The van der Waals surface area contributed by atoms with Gasteiger partial charge >= 0.3 is 0 Å². The Bertz CT molecular complexity index is 1930. The molecule has 4 aliphatic heterocycles. The molecule has 0 radical (unpaired) electrons. The van der Waals surface area contributed by atoms with Crippen LogP contribution < -0.4 is 9.91 Å². The molecule has 3 aromatic rings. The minimum absolute atomic E-state index is 0.0903. The van der Waals surface area contributed by atoms with Crippen molar-refractivity contribution in [1.82, 2.24) is 4.90 Å². The van der Waals surface area contributed by atoms with Crippen LogP contribution in [0, 0.1) is 16.0 Å². The number of hydrazone groups is 1. The van der Waals surface area contributed by atoms with Crippen molar-refractivity contribution >= 4 is 48.8 Å². The maximum Gasteiger partial charge on any atom is 0.269 e. The van der Waals surface area contributed by atoms with Crippen LogP contribution >= 0.6 is 0 Å². The van der Waals surface area contributed by atoms with Gasteiger partial charge in [-0.1, -0.05) is 49.4 Å². The average molecular weight is 726 g/mol. The molecule has 272 valence electrons. The fourth-order valence-corrected chi connectivity index (χ4v) is 11.3. The average Bonchev–Trinajstić information content (AvgIpc) is 3.79. The second-order valence-corrected chi connectivity index (χ2v) is 18.7. The number of rotatable bonds is 9. The van der Waals surface area contributed by atoms with E-state index in [0.29, 0.717) is 42.7 Å². The van der Waals surface area contributed by atoms with Crippen LogP contribution in [0.2, 0.25) is 18.6 Å².